The van der Waals surface area contributed by atoms with Gasteiger partial charge in [-0.3, -0.25) is 0 Å². The van der Waals surface area contributed by atoms with Gasteiger partial charge in [0.1, 0.15) is 0 Å². The van der Waals surface area contributed by atoms with Crippen molar-refractivity contribution in [3.63, 3.8) is 0 Å². The van der Waals surface area contributed by atoms with Crippen LogP contribution in [-0.4, -0.2) is 23.2 Å². The first-order valence-electron chi connectivity index (χ1n) is 6.26. The highest BCUT2D eigenvalue weighted by molar-refractivity contribution is 4.90. The highest BCUT2D eigenvalue weighted by Gasteiger charge is 2.17. The van der Waals surface area contributed by atoms with E-state index >= 15 is 0 Å². The standard InChI is InChI=1S/C12H21N3O/c1-9(2)6-12-14-11(15-16-12)7-10-4-3-5-13-8-10/h9-10,13H,3-8H2,1-2H3. The van der Waals surface area contributed by atoms with Crippen molar-refractivity contribution in [1.29, 1.82) is 0 Å². The second kappa shape index (κ2) is 5.43. The topological polar surface area (TPSA) is 51.0 Å². The molecular weight excluding hydrogens is 202 g/mol. The van der Waals surface area contributed by atoms with Crippen LogP contribution < -0.4 is 5.32 Å². The third-order valence-corrected chi connectivity index (χ3v) is 2.96. The summed E-state index contributed by atoms with van der Waals surface area (Å²) in [5.41, 5.74) is 0. The zero-order chi connectivity index (χ0) is 11.4. The maximum Gasteiger partial charge on any atom is 0.226 e. The highest BCUT2D eigenvalue weighted by atomic mass is 16.5. The molecule has 1 aromatic rings. The van der Waals surface area contributed by atoms with Crippen molar-refractivity contribution in [2.75, 3.05) is 13.1 Å². The number of aromatic nitrogens is 2. The van der Waals surface area contributed by atoms with Gasteiger partial charge in [-0.05, 0) is 37.8 Å². The molecule has 16 heavy (non-hydrogen) atoms. The summed E-state index contributed by atoms with van der Waals surface area (Å²) in [7, 11) is 0. The third kappa shape index (κ3) is 3.30. The molecule has 2 rings (SSSR count). The molecule has 1 N–H and O–H groups in total. The minimum absolute atomic E-state index is 0.574. The van der Waals surface area contributed by atoms with Gasteiger partial charge in [0.15, 0.2) is 5.82 Å². The Morgan fingerprint density at radius 2 is 2.38 bits per heavy atom. The molecule has 0 spiro atoms. The van der Waals surface area contributed by atoms with Gasteiger partial charge < -0.3 is 9.84 Å². The van der Waals surface area contributed by atoms with Crippen LogP contribution in [0.1, 0.15) is 38.4 Å². The van der Waals surface area contributed by atoms with E-state index in [0.717, 1.165) is 37.6 Å². The molecule has 0 aliphatic carbocycles. The van der Waals surface area contributed by atoms with Crippen molar-refractivity contribution in [2.24, 2.45) is 11.8 Å². The molecule has 4 nitrogen and oxygen atoms in total. The van der Waals surface area contributed by atoms with Crippen LogP contribution in [0.4, 0.5) is 0 Å². The van der Waals surface area contributed by atoms with Crippen molar-refractivity contribution >= 4 is 0 Å². The first-order valence-corrected chi connectivity index (χ1v) is 6.26. The van der Waals surface area contributed by atoms with Crippen LogP contribution in [0.15, 0.2) is 4.52 Å². The van der Waals surface area contributed by atoms with Crippen molar-refractivity contribution in [3.05, 3.63) is 11.7 Å². The second-order valence-corrected chi connectivity index (χ2v) is 5.12. The summed E-state index contributed by atoms with van der Waals surface area (Å²) in [5, 5.41) is 7.46. The predicted octanol–water partition coefficient (Wildman–Crippen LogP) is 1.81. The number of piperidine rings is 1. The quantitative estimate of drug-likeness (QED) is 0.845. The Kier molecular flexibility index (Phi) is 3.93. The molecular formula is C12H21N3O. The molecule has 1 fully saturated rings. The van der Waals surface area contributed by atoms with Crippen LogP contribution in [0, 0.1) is 11.8 Å². The minimum Gasteiger partial charge on any atom is -0.339 e. The summed E-state index contributed by atoms with van der Waals surface area (Å²) >= 11 is 0. The molecule has 1 unspecified atom stereocenters. The monoisotopic (exact) mass is 223 g/mol. The molecule has 90 valence electrons. The van der Waals surface area contributed by atoms with Gasteiger partial charge in [-0.1, -0.05) is 19.0 Å². The lowest BCUT2D eigenvalue weighted by molar-refractivity contribution is 0.343. The Morgan fingerprint density at radius 3 is 3.06 bits per heavy atom. The predicted molar refractivity (Wildman–Crippen MR) is 62.1 cm³/mol. The zero-order valence-electron chi connectivity index (χ0n) is 10.2. The smallest absolute Gasteiger partial charge is 0.226 e. The fraction of sp³-hybridized carbons (Fsp3) is 0.833. The van der Waals surface area contributed by atoms with Gasteiger partial charge in [0.2, 0.25) is 5.89 Å². The molecule has 1 aliphatic rings. The van der Waals surface area contributed by atoms with Crippen LogP contribution in [-0.2, 0) is 12.8 Å². The van der Waals surface area contributed by atoms with Gasteiger partial charge in [0.05, 0.1) is 0 Å². The van der Waals surface area contributed by atoms with Crippen molar-refractivity contribution in [3.8, 4) is 0 Å². The Morgan fingerprint density at radius 1 is 1.50 bits per heavy atom. The van der Waals surface area contributed by atoms with Gasteiger partial charge >= 0.3 is 0 Å². The maximum atomic E-state index is 5.24. The van der Waals surface area contributed by atoms with Crippen molar-refractivity contribution in [2.45, 2.75) is 39.5 Å². The molecule has 1 aromatic heterocycles. The van der Waals surface area contributed by atoms with Crippen LogP contribution >= 0.6 is 0 Å². The molecule has 0 saturated carbocycles. The van der Waals surface area contributed by atoms with E-state index in [9.17, 15) is 0 Å². The van der Waals surface area contributed by atoms with E-state index in [1.54, 1.807) is 0 Å². The van der Waals surface area contributed by atoms with Gasteiger partial charge in [-0.25, -0.2) is 0 Å². The Labute approximate surface area is 96.8 Å². The molecule has 0 aromatic carbocycles. The Balaban J connectivity index is 1.86. The first-order chi connectivity index (χ1) is 7.74. The summed E-state index contributed by atoms with van der Waals surface area (Å²) in [4.78, 5) is 4.44. The number of nitrogens with zero attached hydrogens (tertiary/aromatic N) is 2. The summed E-state index contributed by atoms with van der Waals surface area (Å²) < 4.78 is 5.24. The summed E-state index contributed by atoms with van der Waals surface area (Å²) in [6.45, 7) is 6.57. The van der Waals surface area contributed by atoms with E-state index in [0.29, 0.717) is 11.8 Å². The summed E-state index contributed by atoms with van der Waals surface area (Å²) in [6, 6.07) is 0. The minimum atomic E-state index is 0.574. The van der Waals surface area contributed by atoms with Crippen LogP contribution in [0.25, 0.3) is 0 Å². The van der Waals surface area contributed by atoms with Crippen LogP contribution in [0.2, 0.25) is 0 Å². The third-order valence-electron chi connectivity index (χ3n) is 2.96. The maximum absolute atomic E-state index is 5.24. The van der Waals surface area contributed by atoms with Crippen LogP contribution in [0.5, 0.6) is 0 Å². The van der Waals surface area contributed by atoms with Crippen LogP contribution in [0.3, 0.4) is 0 Å². The van der Waals surface area contributed by atoms with E-state index in [1.807, 2.05) is 0 Å². The van der Waals surface area contributed by atoms with Gasteiger partial charge in [0, 0.05) is 12.8 Å². The summed E-state index contributed by atoms with van der Waals surface area (Å²) in [6.07, 6.45) is 4.38. The average molecular weight is 223 g/mol. The molecule has 4 heteroatoms. The highest BCUT2D eigenvalue weighted by Crippen LogP contribution is 2.15. The van der Waals surface area contributed by atoms with Gasteiger partial charge in [-0.2, -0.15) is 4.98 Å². The average Bonchev–Trinajstić information content (AvgIpc) is 2.66. The van der Waals surface area contributed by atoms with Gasteiger partial charge in [0.25, 0.3) is 0 Å². The van der Waals surface area contributed by atoms with E-state index in [4.69, 9.17) is 4.52 Å². The van der Waals surface area contributed by atoms with E-state index in [1.165, 1.54) is 12.8 Å². The van der Waals surface area contributed by atoms with E-state index in [-0.39, 0.29) is 0 Å². The van der Waals surface area contributed by atoms with Crippen molar-refractivity contribution < 1.29 is 4.52 Å². The molecule has 0 radical (unpaired) electrons. The number of nitrogens with one attached hydrogen (secondary N) is 1. The number of rotatable bonds is 4. The Bertz CT molecular complexity index is 316. The fourth-order valence-corrected chi connectivity index (χ4v) is 2.16. The number of hydrogen-bond acceptors (Lipinski definition) is 4. The lowest BCUT2D eigenvalue weighted by Gasteiger charge is -2.20. The molecule has 1 atom stereocenters. The SMILES string of the molecule is CC(C)Cc1nc(CC2CCCNC2)no1. The largest absolute Gasteiger partial charge is 0.339 e. The number of hydrogen-bond donors (Lipinski definition) is 1. The lowest BCUT2D eigenvalue weighted by Crippen LogP contribution is -2.31. The zero-order valence-corrected chi connectivity index (χ0v) is 10.2. The summed E-state index contributed by atoms with van der Waals surface area (Å²) in [5.74, 6) is 2.92. The molecule has 1 saturated heterocycles. The van der Waals surface area contributed by atoms with Gasteiger partial charge in [-0.15, -0.1) is 0 Å². The molecule has 0 bridgehead atoms. The fourth-order valence-electron chi connectivity index (χ4n) is 2.16. The van der Waals surface area contributed by atoms with E-state index < -0.39 is 0 Å². The second-order valence-electron chi connectivity index (χ2n) is 5.12. The van der Waals surface area contributed by atoms with E-state index in [2.05, 4.69) is 29.3 Å². The first kappa shape index (κ1) is 11.6. The lowest BCUT2D eigenvalue weighted by atomic mass is 9.96. The normalized spacial score (nSPS) is 21.6. The Hall–Kier alpha value is -0.900. The van der Waals surface area contributed by atoms with Crippen molar-refractivity contribution in [1.82, 2.24) is 15.5 Å². The molecule has 0 amide bonds. The molecule has 1 aliphatic heterocycles. The molecule has 2 heterocycles.